The van der Waals surface area contributed by atoms with Gasteiger partial charge in [0.05, 0.1) is 5.57 Å². The Kier molecular flexibility index (Phi) is 4.00. The van der Waals surface area contributed by atoms with Crippen molar-refractivity contribution in [3.8, 4) is 0 Å². The Morgan fingerprint density at radius 2 is 1.68 bits per heavy atom. The van der Waals surface area contributed by atoms with Gasteiger partial charge in [-0.05, 0) is 38.0 Å². The lowest BCUT2D eigenvalue weighted by Crippen LogP contribution is -2.40. The molecule has 1 N–H and O–H groups in total. The Labute approximate surface area is 164 Å². The standard InChI is InChI=1S/C23H22N2O3/c1-13(26)15-9-11-16(12-10-15)19-20(22(28)25(4)21(19)27)23(3)14(2)24-18-8-6-5-7-17(18)23/h5-12,14,24H,1-4H3. The van der Waals surface area contributed by atoms with E-state index >= 15 is 0 Å². The molecule has 0 spiro atoms. The molecule has 0 radical (unpaired) electrons. The number of para-hydroxylation sites is 1. The molecular formula is C23H22N2O3. The zero-order chi connectivity index (χ0) is 20.2. The smallest absolute Gasteiger partial charge is 0.261 e. The van der Waals surface area contributed by atoms with E-state index in [0.717, 1.165) is 11.3 Å². The molecule has 4 rings (SSSR count). The van der Waals surface area contributed by atoms with E-state index in [1.807, 2.05) is 38.1 Å². The van der Waals surface area contributed by atoms with E-state index in [-0.39, 0.29) is 23.6 Å². The van der Waals surface area contributed by atoms with Gasteiger partial charge in [-0.25, -0.2) is 0 Å². The lowest BCUT2D eigenvalue weighted by atomic mass is 9.71. The summed E-state index contributed by atoms with van der Waals surface area (Å²) in [5.41, 5.74) is 3.47. The number of rotatable bonds is 3. The molecule has 142 valence electrons. The van der Waals surface area contributed by atoms with Crippen molar-refractivity contribution in [1.82, 2.24) is 4.90 Å². The Morgan fingerprint density at radius 3 is 2.32 bits per heavy atom. The summed E-state index contributed by atoms with van der Waals surface area (Å²) in [4.78, 5) is 39.0. The number of nitrogens with zero attached hydrogens (tertiary/aromatic N) is 1. The highest BCUT2D eigenvalue weighted by Gasteiger charge is 2.52. The van der Waals surface area contributed by atoms with Crippen LogP contribution in [0.3, 0.4) is 0 Å². The van der Waals surface area contributed by atoms with Crippen molar-refractivity contribution in [3.63, 3.8) is 0 Å². The molecule has 5 nitrogen and oxygen atoms in total. The van der Waals surface area contributed by atoms with Crippen LogP contribution in [-0.2, 0) is 15.0 Å². The number of anilines is 1. The molecule has 2 heterocycles. The maximum absolute atomic E-state index is 13.2. The van der Waals surface area contributed by atoms with Gasteiger partial charge < -0.3 is 5.32 Å². The number of likely N-dealkylation sites (N-methyl/N-ethyl adjacent to an activating group) is 1. The van der Waals surface area contributed by atoms with Gasteiger partial charge in [0.25, 0.3) is 11.8 Å². The number of hydrogen-bond donors (Lipinski definition) is 1. The number of ketones is 1. The summed E-state index contributed by atoms with van der Waals surface area (Å²) in [6.07, 6.45) is 0. The normalized spacial score (nSPS) is 23.9. The first-order chi connectivity index (χ1) is 13.3. The second kappa shape index (κ2) is 6.16. The highest BCUT2D eigenvalue weighted by molar-refractivity contribution is 6.36. The van der Waals surface area contributed by atoms with Gasteiger partial charge in [-0.3, -0.25) is 19.3 Å². The van der Waals surface area contributed by atoms with E-state index in [9.17, 15) is 14.4 Å². The third kappa shape index (κ3) is 2.35. The van der Waals surface area contributed by atoms with E-state index in [1.165, 1.54) is 18.9 Å². The number of imide groups is 1. The van der Waals surface area contributed by atoms with E-state index < -0.39 is 5.41 Å². The van der Waals surface area contributed by atoms with Gasteiger partial charge >= 0.3 is 0 Å². The first-order valence-electron chi connectivity index (χ1n) is 9.31. The van der Waals surface area contributed by atoms with Crippen molar-refractivity contribution in [2.24, 2.45) is 0 Å². The van der Waals surface area contributed by atoms with Crippen LogP contribution in [0.15, 0.2) is 54.1 Å². The van der Waals surface area contributed by atoms with Crippen LogP contribution in [-0.4, -0.2) is 35.6 Å². The van der Waals surface area contributed by atoms with Gasteiger partial charge in [-0.2, -0.15) is 0 Å². The highest BCUT2D eigenvalue weighted by Crippen LogP contribution is 2.50. The largest absolute Gasteiger partial charge is 0.381 e. The fourth-order valence-electron chi connectivity index (χ4n) is 4.29. The van der Waals surface area contributed by atoms with Crippen molar-refractivity contribution in [3.05, 3.63) is 70.8 Å². The van der Waals surface area contributed by atoms with Crippen molar-refractivity contribution in [2.45, 2.75) is 32.2 Å². The average Bonchev–Trinajstić information content (AvgIpc) is 3.08. The predicted octanol–water partition coefficient (Wildman–Crippen LogP) is 3.41. The van der Waals surface area contributed by atoms with Gasteiger partial charge in [-0.15, -0.1) is 0 Å². The van der Waals surface area contributed by atoms with Crippen LogP contribution in [0.1, 0.15) is 42.3 Å². The summed E-state index contributed by atoms with van der Waals surface area (Å²) in [6.45, 7) is 5.54. The second-order valence-electron chi connectivity index (χ2n) is 7.67. The van der Waals surface area contributed by atoms with Gasteiger partial charge in [0.2, 0.25) is 0 Å². The van der Waals surface area contributed by atoms with Gasteiger partial charge in [0.1, 0.15) is 0 Å². The summed E-state index contributed by atoms with van der Waals surface area (Å²) < 4.78 is 0. The minimum Gasteiger partial charge on any atom is -0.381 e. The molecule has 2 aliphatic heterocycles. The summed E-state index contributed by atoms with van der Waals surface area (Å²) in [5, 5.41) is 3.45. The van der Waals surface area contributed by atoms with E-state index in [1.54, 1.807) is 24.3 Å². The number of fused-ring (bicyclic) bond motifs is 1. The lowest BCUT2D eigenvalue weighted by molar-refractivity contribution is -0.135. The molecule has 2 aromatic rings. The van der Waals surface area contributed by atoms with Crippen LogP contribution in [0, 0.1) is 0 Å². The monoisotopic (exact) mass is 374 g/mol. The topological polar surface area (TPSA) is 66.5 Å². The number of Topliss-reactive ketones (excluding diaryl/α,β-unsaturated/α-hetero) is 1. The quantitative estimate of drug-likeness (QED) is 0.660. The molecule has 0 bridgehead atoms. The van der Waals surface area contributed by atoms with Crippen LogP contribution in [0.2, 0.25) is 0 Å². The summed E-state index contributed by atoms with van der Waals surface area (Å²) >= 11 is 0. The molecule has 2 unspecified atom stereocenters. The first kappa shape index (κ1) is 18.2. The Hall–Kier alpha value is -3.21. The SMILES string of the molecule is CC(=O)c1ccc(C2=C(C3(C)c4ccccc4NC3C)C(=O)N(C)C2=O)cc1. The molecule has 0 saturated heterocycles. The van der Waals surface area contributed by atoms with E-state index in [4.69, 9.17) is 0 Å². The lowest BCUT2D eigenvalue weighted by Gasteiger charge is -2.31. The average molecular weight is 374 g/mol. The molecule has 2 atom stereocenters. The minimum absolute atomic E-state index is 0.0406. The Bertz CT molecular complexity index is 1050. The van der Waals surface area contributed by atoms with Crippen molar-refractivity contribution < 1.29 is 14.4 Å². The number of carbonyl (C=O) groups is 3. The molecule has 2 aliphatic rings. The zero-order valence-corrected chi connectivity index (χ0v) is 16.4. The van der Waals surface area contributed by atoms with Gasteiger partial charge in [0, 0.05) is 35.3 Å². The Balaban J connectivity index is 1.97. The maximum Gasteiger partial charge on any atom is 0.261 e. The molecule has 2 aromatic carbocycles. The van der Waals surface area contributed by atoms with Crippen LogP contribution in [0.4, 0.5) is 5.69 Å². The van der Waals surface area contributed by atoms with Crippen LogP contribution < -0.4 is 5.32 Å². The van der Waals surface area contributed by atoms with Gasteiger partial charge in [0.15, 0.2) is 5.78 Å². The molecule has 0 aliphatic carbocycles. The fraction of sp³-hybridized carbons (Fsp3) is 0.261. The molecule has 5 heteroatoms. The van der Waals surface area contributed by atoms with Crippen molar-refractivity contribution in [1.29, 1.82) is 0 Å². The molecular weight excluding hydrogens is 352 g/mol. The molecule has 0 aromatic heterocycles. The molecule has 0 fully saturated rings. The fourth-order valence-corrected chi connectivity index (χ4v) is 4.29. The number of hydrogen-bond acceptors (Lipinski definition) is 4. The maximum atomic E-state index is 13.2. The first-order valence-corrected chi connectivity index (χ1v) is 9.31. The number of nitrogens with one attached hydrogen (secondary N) is 1. The van der Waals surface area contributed by atoms with Crippen LogP contribution in [0.5, 0.6) is 0 Å². The van der Waals surface area contributed by atoms with E-state index in [0.29, 0.717) is 22.3 Å². The summed E-state index contributed by atoms with van der Waals surface area (Å²) in [6, 6.07) is 14.7. The zero-order valence-electron chi connectivity index (χ0n) is 16.4. The van der Waals surface area contributed by atoms with Gasteiger partial charge in [-0.1, -0.05) is 42.5 Å². The number of amides is 2. The Morgan fingerprint density at radius 1 is 1.04 bits per heavy atom. The predicted molar refractivity (Wildman–Crippen MR) is 108 cm³/mol. The highest BCUT2D eigenvalue weighted by atomic mass is 16.2. The van der Waals surface area contributed by atoms with Crippen molar-refractivity contribution >= 4 is 28.9 Å². The van der Waals surface area contributed by atoms with Crippen molar-refractivity contribution in [2.75, 3.05) is 12.4 Å². The van der Waals surface area contributed by atoms with E-state index in [2.05, 4.69) is 5.32 Å². The molecule has 0 saturated carbocycles. The number of carbonyl (C=O) groups excluding carboxylic acids is 3. The summed E-state index contributed by atoms with van der Waals surface area (Å²) in [5.74, 6) is -0.627. The molecule has 28 heavy (non-hydrogen) atoms. The number of benzene rings is 2. The van der Waals surface area contributed by atoms with Crippen LogP contribution >= 0.6 is 0 Å². The third-order valence-electron chi connectivity index (χ3n) is 6.11. The molecule has 2 amide bonds. The second-order valence-corrected chi connectivity index (χ2v) is 7.67. The third-order valence-corrected chi connectivity index (χ3v) is 6.11. The minimum atomic E-state index is -0.650. The van der Waals surface area contributed by atoms with Crippen LogP contribution in [0.25, 0.3) is 5.57 Å². The summed E-state index contributed by atoms with van der Waals surface area (Å²) in [7, 11) is 1.52.